The van der Waals surface area contributed by atoms with Crippen LogP contribution in [0.1, 0.15) is 114 Å². The highest BCUT2D eigenvalue weighted by atomic mass is 28.4. The van der Waals surface area contributed by atoms with E-state index in [1.54, 1.807) is 0 Å². The molecule has 1 aliphatic carbocycles. The molecule has 0 aliphatic heterocycles. The van der Waals surface area contributed by atoms with Crippen LogP contribution in [0, 0.1) is 11.8 Å². The summed E-state index contributed by atoms with van der Waals surface area (Å²) in [5, 5.41) is 0.272. The molecule has 8 heteroatoms. The lowest BCUT2D eigenvalue weighted by Crippen LogP contribution is -2.45. The lowest BCUT2D eigenvalue weighted by molar-refractivity contribution is -0.141. The van der Waals surface area contributed by atoms with E-state index in [2.05, 4.69) is 157 Å². The SMILES string of the molecule is CC/C=C\C/C=C\C/C=C\C[C@@H]1[C@H](/C=C/C(CCC(=O)OC)O[Si](C)(C)C(C)(C)C)[C@@H](O[Si](C)(C)C(C)(C)C)C[C@H]1O[Si](C)(C)C(C)(C)C. The van der Waals surface area contributed by atoms with Gasteiger partial charge in [-0.3, -0.25) is 4.79 Å². The molecule has 0 aromatic rings. The normalized spacial score (nSPS) is 22.7. The van der Waals surface area contributed by atoms with Crippen molar-refractivity contribution in [3.05, 3.63) is 48.6 Å². The molecule has 1 aliphatic rings. The van der Waals surface area contributed by atoms with E-state index in [1.165, 1.54) is 7.11 Å². The molecular weight excluding hydrogens is 657 g/mol. The standard InChI is InChI=1S/C41H78O5Si3/c1-18-19-20-21-22-23-24-25-26-27-34-35(30-28-33(29-31-38(42)43-11)44-47(12,13)39(2,3)4)37(46-49(16,17)41(8,9)10)32-36(34)45-48(14,15)40(5,6)7/h19-20,22-23,25-26,28,30,33-37H,18,21,24,27,29,31-32H2,1-17H3/b20-19-,23-22-,26-25-,30-28+/t33?,34-,35+,36-,37+/m1/s1. The first-order valence-corrected chi connectivity index (χ1v) is 27.8. The number of hydrogen-bond acceptors (Lipinski definition) is 5. The molecule has 0 amide bonds. The Kier molecular flexibility index (Phi) is 18.0. The van der Waals surface area contributed by atoms with Crippen LogP contribution in [-0.4, -0.2) is 56.3 Å². The van der Waals surface area contributed by atoms with Crippen molar-refractivity contribution >= 4 is 30.9 Å². The molecule has 0 bridgehead atoms. The van der Waals surface area contributed by atoms with E-state index >= 15 is 0 Å². The average Bonchev–Trinajstić information content (AvgIpc) is 3.25. The number of rotatable bonds is 18. The Bertz CT molecular complexity index is 1120. The molecule has 5 nitrogen and oxygen atoms in total. The number of carbonyl (C=O) groups is 1. The largest absolute Gasteiger partial charge is 0.469 e. The third-order valence-corrected chi connectivity index (χ3v) is 25.2. The van der Waals surface area contributed by atoms with E-state index < -0.39 is 25.0 Å². The molecule has 0 heterocycles. The second kappa shape index (κ2) is 19.2. The van der Waals surface area contributed by atoms with Gasteiger partial charge in [0, 0.05) is 12.3 Å². The van der Waals surface area contributed by atoms with Gasteiger partial charge in [-0.25, -0.2) is 0 Å². The van der Waals surface area contributed by atoms with Gasteiger partial charge in [-0.2, -0.15) is 0 Å². The number of hydrogen-bond donors (Lipinski definition) is 0. The summed E-state index contributed by atoms with van der Waals surface area (Å²) in [5.74, 6) is 0.257. The topological polar surface area (TPSA) is 54.0 Å². The molecule has 1 saturated carbocycles. The smallest absolute Gasteiger partial charge is 0.305 e. The molecule has 0 aromatic carbocycles. The summed E-state index contributed by atoms with van der Waals surface area (Å²) in [5.41, 5.74) is 0. The highest BCUT2D eigenvalue weighted by Gasteiger charge is 2.50. The van der Waals surface area contributed by atoms with E-state index in [0.717, 1.165) is 32.1 Å². The van der Waals surface area contributed by atoms with E-state index in [0.29, 0.717) is 12.8 Å². The Hall–Kier alpha value is -1.04. The van der Waals surface area contributed by atoms with Crippen molar-refractivity contribution in [3.63, 3.8) is 0 Å². The number of carbonyl (C=O) groups excluding carboxylic acids is 1. The Morgan fingerprint density at radius 3 is 1.65 bits per heavy atom. The molecule has 1 rings (SSSR count). The summed E-state index contributed by atoms with van der Waals surface area (Å²) < 4.78 is 26.6. The van der Waals surface area contributed by atoms with Crippen LogP contribution in [0.25, 0.3) is 0 Å². The van der Waals surface area contributed by atoms with Crippen molar-refractivity contribution in [2.24, 2.45) is 11.8 Å². The third kappa shape index (κ3) is 14.8. The maximum atomic E-state index is 12.3. The fourth-order valence-corrected chi connectivity index (χ4v) is 9.41. The van der Waals surface area contributed by atoms with Gasteiger partial charge in [-0.1, -0.05) is 118 Å². The average molecular weight is 735 g/mol. The number of methoxy groups -OCH3 is 1. The summed E-state index contributed by atoms with van der Waals surface area (Å²) in [4.78, 5) is 12.3. The van der Waals surface area contributed by atoms with Gasteiger partial charge in [0.15, 0.2) is 25.0 Å². The first kappa shape index (κ1) is 46.0. The monoisotopic (exact) mass is 735 g/mol. The van der Waals surface area contributed by atoms with Crippen LogP contribution in [-0.2, 0) is 22.8 Å². The molecule has 5 atom stereocenters. The number of ether oxygens (including phenoxy) is 1. The van der Waals surface area contributed by atoms with Crippen LogP contribution < -0.4 is 0 Å². The van der Waals surface area contributed by atoms with Crippen molar-refractivity contribution in [2.75, 3.05) is 7.11 Å². The van der Waals surface area contributed by atoms with Gasteiger partial charge in [0.2, 0.25) is 0 Å². The van der Waals surface area contributed by atoms with Gasteiger partial charge >= 0.3 is 5.97 Å². The number of allylic oxidation sites excluding steroid dienone is 6. The Labute approximate surface area is 307 Å². The summed E-state index contributed by atoms with van der Waals surface area (Å²) in [6, 6.07) is 0. The molecule has 0 N–H and O–H groups in total. The van der Waals surface area contributed by atoms with Crippen molar-refractivity contribution < 1.29 is 22.8 Å². The molecule has 1 unspecified atom stereocenters. The highest BCUT2D eigenvalue weighted by Crippen LogP contribution is 2.48. The van der Waals surface area contributed by atoms with Crippen molar-refractivity contribution in [1.82, 2.24) is 0 Å². The highest BCUT2D eigenvalue weighted by molar-refractivity contribution is 6.75. The van der Waals surface area contributed by atoms with Crippen LogP contribution in [0.15, 0.2) is 48.6 Å². The summed E-state index contributed by atoms with van der Waals surface area (Å²) in [7, 11) is -4.77. The summed E-state index contributed by atoms with van der Waals surface area (Å²) in [6.45, 7) is 37.0. The van der Waals surface area contributed by atoms with Gasteiger partial charge in [-0.05, 0) is 98.8 Å². The van der Waals surface area contributed by atoms with Crippen molar-refractivity contribution in [3.8, 4) is 0 Å². The van der Waals surface area contributed by atoms with Crippen LogP contribution in [0.5, 0.6) is 0 Å². The van der Waals surface area contributed by atoms with Crippen molar-refractivity contribution in [2.45, 2.75) is 187 Å². The maximum Gasteiger partial charge on any atom is 0.305 e. The van der Waals surface area contributed by atoms with Gasteiger partial charge < -0.3 is 18.0 Å². The second-order valence-electron chi connectivity index (χ2n) is 18.8. The fourth-order valence-electron chi connectivity index (χ4n) is 5.36. The number of esters is 1. The zero-order valence-corrected chi connectivity index (χ0v) is 38.0. The quantitative estimate of drug-likeness (QED) is 0.0797. The predicted octanol–water partition coefficient (Wildman–Crippen LogP) is 12.6. The first-order chi connectivity index (χ1) is 22.3. The van der Waals surface area contributed by atoms with Gasteiger partial charge in [0.05, 0.1) is 25.4 Å². The van der Waals surface area contributed by atoms with E-state index in [9.17, 15) is 4.79 Å². The minimum atomic E-state index is -2.10. The molecule has 0 saturated heterocycles. The molecule has 49 heavy (non-hydrogen) atoms. The predicted molar refractivity (Wildman–Crippen MR) is 220 cm³/mol. The molecular formula is C41H78O5Si3. The molecule has 1 fully saturated rings. The maximum absolute atomic E-state index is 12.3. The van der Waals surface area contributed by atoms with Crippen LogP contribution in [0.3, 0.4) is 0 Å². The Morgan fingerprint density at radius 2 is 1.18 bits per heavy atom. The third-order valence-electron chi connectivity index (χ3n) is 11.7. The molecule has 284 valence electrons. The minimum absolute atomic E-state index is 0.0574. The zero-order valence-electron chi connectivity index (χ0n) is 35.0. The van der Waals surface area contributed by atoms with Crippen molar-refractivity contribution in [1.29, 1.82) is 0 Å². The lowest BCUT2D eigenvalue weighted by Gasteiger charge is -2.40. The van der Waals surface area contributed by atoms with E-state index in [-0.39, 0.29) is 51.2 Å². The summed E-state index contributed by atoms with van der Waals surface area (Å²) >= 11 is 0. The van der Waals surface area contributed by atoms with Gasteiger partial charge in [0.1, 0.15) is 0 Å². The van der Waals surface area contributed by atoms with E-state index in [4.69, 9.17) is 18.0 Å². The second-order valence-corrected chi connectivity index (χ2v) is 33.0. The molecule has 0 aromatic heterocycles. The Morgan fingerprint density at radius 1 is 0.714 bits per heavy atom. The molecule has 0 radical (unpaired) electrons. The van der Waals surface area contributed by atoms with Gasteiger partial charge in [0.25, 0.3) is 0 Å². The molecule has 0 spiro atoms. The summed E-state index contributed by atoms with van der Waals surface area (Å²) in [6.07, 6.45) is 24.1. The fraction of sp³-hybridized carbons (Fsp3) is 0.780. The lowest BCUT2D eigenvalue weighted by atomic mass is 9.89. The van der Waals surface area contributed by atoms with Crippen LogP contribution in [0.4, 0.5) is 0 Å². The Balaban J connectivity index is 3.64. The van der Waals surface area contributed by atoms with Crippen LogP contribution in [0.2, 0.25) is 54.4 Å². The van der Waals surface area contributed by atoms with E-state index in [1.807, 2.05) is 0 Å². The minimum Gasteiger partial charge on any atom is -0.469 e. The zero-order chi connectivity index (χ0) is 37.9. The van der Waals surface area contributed by atoms with Crippen LogP contribution >= 0.6 is 0 Å². The first-order valence-electron chi connectivity index (χ1n) is 19.0. The van der Waals surface area contributed by atoms with Gasteiger partial charge in [-0.15, -0.1) is 0 Å².